The molecular weight excluding hydrogens is 383 g/mol. The summed E-state index contributed by atoms with van der Waals surface area (Å²) in [6.45, 7) is 0.162. The summed E-state index contributed by atoms with van der Waals surface area (Å²) in [4.78, 5) is 13.5. The number of nitrogens with zero attached hydrogens (tertiary/aromatic N) is 1. The lowest BCUT2D eigenvalue weighted by molar-refractivity contribution is -0.0328. The summed E-state index contributed by atoms with van der Waals surface area (Å²) in [7, 11) is 1.51. The highest BCUT2D eigenvalue weighted by atomic mass is 79.9. The molecule has 0 saturated heterocycles. The average molecular weight is 394 g/mol. The van der Waals surface area contributed by atoms with Crippen molar-refractivity contribution in [3.8, 4) is 0 Å². The van der Waals surface area contributed by atoms with Gasteiger partial charge in [-0.3, -0.25) is 4.79 Å². The van der Waals surface area contributed by atoms with Crippen LogP contribution in [0.5, 0.6) is 0 Å². The summed E-state index contributed by atoms with van der Waals surface area (Å²) in [5.74, 6) is 0.0311. The summed E-state index contributed by atoms with van der Waals surface area (Å²) in [5.41, 5.74) is -4.43. The molecular formula is C14H11BrF3NO2S. The zero-order chi connectivity index (χ0) is 16.3. The predicted molar refractivity (Wildman–Crippen MR) is 80.6 cm³/mol. The van der Waals surface area contributed by atoms with E-state index in [4.69, 9.17) is 4.42 Å². The van der Waals surface area contributed by atoms with Crippen LogP contribution in [0.2, 0.25) is 0 Å². The van der Waals surface area contributed by atoms with Gasteiger partial charge in [-0.25, -0.2) is 0 Å². The maximum Gasteiger partial charge on any atom is 0.446 e. The zero-order valence-electron chi connectivity index (χ0n) is 11.4. The molecule has 22 heavy (non-hydrogen) atoms. The van der Waals surface area contributed by atoms with Gasteiger partial charge in [-0.2, -0.15) is 13.2 Å². The Balaban J connectivity index is 2.18. The molecule has 0 radical (unpaired) electrons. The van der Waals surface area contributed by atoms with E-state index >= 15 is 0 Å². The number of benzene rings is 1. The number of furan rings is 1. The summed E-state index contributed by atoms with van der Waals surface area (Å²) < 4.78 is 43.5. The van der Waals surface area contributed by atoms with E-state index in [0.29, 0.717) is 10.4 Å². The van der Waals surface area contributed by atoms with Crippen molar-refractivity contribution in [2.24, 2.45) is 0 Å². The first-order valence-electron chi connectivity index (χ1n) is 6.11. The van der Waals surface area contributed by atoms with Crippen LogP contribution in [0.15, 0.2) is 50.4 Å². The molecule has 3 nitrogen and oxygen atoms in total. The minimum absolute atomic E-state index is 0.0120. The highest BCUT2D eigenvalue weighted by Gasteiger charge is 2.31. The Labute approximate surface area is 137 Å². The topological polar surface area (TPSA) is 33.5 Å². The molecule has 0 aliphatic rings. The molecule has 1 aromatic heterocycles. The number of carbonyl (C=O) groups is 1. The van der Waals surface area contributed by atoms with Crippen LogP contribution in [-0.4, -0.2) is 23.4 Å². The van der Waals surface area contributed by atoms with Crippen molar-refractivity contribution in [2.75, 3.05) is 7.05 Å². The number of amides is 1. The molecule has 0 aliphatic heterocycles. The fourth-order valence-corrected chi connectivity index (χ4v) is 2.81. The number of hydrogen-bond donors (Lipinski definition) is 0. The van der Waals surface area contributed by atoms with Crippen LogP contribution in [0.1, 0.15) is 16.1 Å². The Kier molecular flexibility index (Phi) is 5.23. The van der Waals surface area contributed by atoms with Crippen LogP contribution in [0, 0.1) is 0 Å². The standard InChI is InChI=1S/C14H11BrF3NO2S/c1-19(8-9-6-7-12(15)21-9)13(20)10-4-2-3-5-11(10)22-14(16,17)18/h2-7H,8H2,1H3. The van der Waals surface area contributed by atoms with Crippen LogP contribution in [-0.2, 0) is 6.54 Å². The van der Waals surface area contributed by atoms with E-state index < -0.39 is 11.4 Å². The molecule has 0 saturated carbocycles. The van der Waals surface area contributed by atoms with E-state index in [9.17, 15) is 18.0 Å². The molecule has 0 atom stereocenters. The Bertz CT molecular complexity index is 672. The largest absolute Gasteiger partial charge is 0.452 e. The van der Waals surface area contributed by atoms with Gasteiger partial charge in [0.1, 0.15) is 5.76 Å². The van der Waals surface area contributed by atoms with E-state index in [0.717, 1.165) is 0 Å². The first-order valence-corrected chi connectivity index (χ1v) is 7.71. The van der Waals surface area contributed by atoms with Gasteiger partial charge in [0.05, 0.1) is 12.1 Å². The number of hydrogen-bond acceptors (Lipinski definition) is 3. The second-order valence-corrected chi connectivity index (χ2v) is 6.30. The lowest BCUT2D eigenvalue weighted by atomic mass is 10.2. The molecule has 2 rings (SSSR count). The van der Waals surface area contributed by atoms with E-state index in [2.05, 4.69) is 15.9 Å². The number of rotatable bonds is 4. The Morgan fingerprint density at radius 2 is 1.95 bits per heavy atom. The number of halogens is 4. The normalized spacial score (nSPS) is 11.5. The van der Waals surface area contributed by atoms with Crippen LogP contribution >= 0.6 is 27.7 Å². The minimum Gasteiger partial charge on any atom is -0.452 e. The maximum atomic E-state index is 12.6. The Hall–Kier alpha value is -1.41. The molecule has 2 aromatic rings. The molecule has 0 bridgehead atoms. The lowest BCUT2D eigenvalue weighted by Crippen LogP contribution is -2.26. The van der Waals surface area contributed by atoms with Crippen molar-refractivity contribution < 1.29 is 22.4 Å². The monoisotopic (exact) mass is 393 g/mol. The van der Waals surface area contributed by atoms with Crippen molar-refractivity contribution in [2.45, 2.75) is 16.9 Å². The highest BCUT2D eigenvalue weighted by Crippen LogP contribution is 2.38. The number of alkyl halides is 3. The van der Waals surface area contributed by atoms with Crippen molar-refractivity contribution in [1.82, 2.24) is 4.90 Å². The van der Waals surface area contributed by atoms with Gasteiger partial charge in [0.2, 0.25) is 0 Å². The molecule has 0 N–H and O–H groups in total. The molecule has 0 aliphatic carbocycles. The lowest BCUT2D eigenvalue weighted by Gasteiger charge is -2.18. The summed E-state index contributed by atoms with van der Waals surface area (Å²) >= 11 is 2.86. The van der Waals surface area contributed by atoms with Crippen molar-refractivity contribution >= 4 is 33.6 Å². The van der Waals surface area contributed by atoms with Crippen molar-refractivity contribution in [1.29, 1.82) is 0 Å². The van der Waals surface area contributed by atoms with Crippen LogP contribution in [0.3, 0.4) is 0 Å². The molecule has 0 spiro atoms. The first kappa shape index (κ1) is 17.0. The molecule has 0 unspecified atom stereocenters. The van der Waals surface area contributed by atoms with Gasteiger partial charge >= 0.3 is 5.51 Å². The molecule has 8 heteroatoms. The van der Waals surface area contributed by atoms with E-state index in [1.165, 1.54) is 36.2 Å². The van der Waals surface area contributed by atoms with E-state index in [1.54, 1.807) is 12.1 Å². The van der Waals surface area contributed by atoms with E-state index in [-0.39, 0.29) is 28.8 Å². The molecule has 1 aromatic carbocycles. The average Bonchev–Trinajstić information content (AvgIpc) is 2.82. The van der Waals surface area contributed by atoms with Gasteiger partial charge in [0.25, 0.3) is 5.91 Å². The second kappa shape index (κ2) is 6.78. The quantitative estimate of drug-likeness (QED) is 0.690. The maximum absolute atomic E-state index is 12.6. The number of thioether (sulfide) groups is 1. The fraction of sp³-hybridized carbons (Fsp3) is 0.214. The third-order valence-electron chi connectivity index (χ3n) is 2.71. The van der Waals surface area contributed by atoms with Gasteiger partial charge in [-0.05, 0) is 52.0 Å². The first-order chi connectivity index (χ1) is 10.3. The SMILES string of the molecule is CN(Cc1ccc(Br)o1)C(=O)c1ccccc1SC(F)(F)F. The Morgan fingerprint density at radius 1 is 1.27 bits per heavy atom. The van der Waals surface area contributed by atoms with Gasteiger partial charge in [0, 0.05) is 11.9 Å². The van der Waals surface area contributed by atoms with Crippen LogP contribution < -0.4 is 0 Å². The molecule has 0 fully saturated rings. The van der Waals surface area contributed by atoms with E-state index in [1.807, 2.05) is 0 Å². The highest BCUT2D eigenvalue weighted by molar-refractivity contribution is 9.10. The van der Waals surface area contributed by atoms with Gasteiger partial charge < -0.3 is 9.32 Å². The fourth-order valence-electron chi connectivity index (χ4n) is 1.80. The van der Waals surface area contributed by atoms with Gasteiger partial charge in [0.15, 0.2) is 4.67 Å². The number of carbonyl (C=O) groups excluding carboxylic acids is 1. The molecule has 1 amide bonds. The third kappa shape index (κ3) is 4.54. The zero-order valence-corrected chi connectivity index (χ0v) is 13.8. The summed E-state index contributed by atoms with van der Waals surface area (Å²) in [6.07, 6.45) is 0. The van der Waals surface area contributed by atoms with Crippen molar-refractivity contribution in [3.63, 3.8) is 0 Å². The predicted octanol–water partition coefficient (Wildman–Crippen LogP) is 4.93. The van der Waals surface area contributed by atoms with Crippen molar-refractivity contribution in [3.05, 3.63) is 52.4 Å². The Morgan fingerprint density at radius 3 is 2.55 bits per heavy atom. The van der Waals surface area contributed by atoms with Crippen LogP contribution in [0.25, 0.3) is 0 Å². The smallest absolute Gasteiger partial charge is 0.446 e. The summed E-state index contributed by atoms with van der Waals surface area (Å²) in [5, 5.41) is 0. The molecule has 118 valence electrons. The second-order valence-electron chi connectivity index (χ2n) is 4.41. The third-order valence-corrected chi connectivity index (χ3v) is 3.95. The van der Waals surface area contributed by atoms with Crippen LogP contribution in [0.4, 0.5) is 13.2 Å². The molecule has 1 heterocycles. The minimum atomic E-state index is -4.44. The van der Waals surface area contributed by atoms with Gasteiger partial charge in [-0.15, -0.1) is 0 Å². The summed E-state index contributed by atoms with van der Waals surface area (Å²) in [6, 6.07) is 9.03. The van der Waals surface area contributed by atoms with Gasteiger partial charge in [-0.1, -0.05) is 12.1 Å².